The SMILES string of the molecule is CCCCCc1oc2c(c1C)C=CCC2. The fraction of sp³-hybridized carbons (Fsp3) is 0.571. The Hall–Kier alpha value is -0.980. The van der Waals surface area contributed by atoms with Gasteiger partial charge in [0.15, 0.2) is 0 Å². The monoisotopic (exact) mass is 204 g/mol. The number of furan rings is 1. The normalized spacial score (nSPS) is 14.3. The maximum Gasteiger partial charge on any atom is 0.111 e. The highest BCUT2D eigenvalue weighted by Gasteiger charge is 2.16. The van der Waals surface area contributed by atoms with E-state index in [1.807, 2.05) is 0 Å². The summed E-state index contributed by atoms with van der Waals surface area (Å²) in [5.74, 6) is 2.43. The van der Waals surface area contributed by atoms with Gasteiger partial charge in [0.1, 0.15) is 11.5 Å². The highest BCUT2D eigenvalue weighted by atomic mass is 16.3. The van der Waals surface area contributed by atoms with E-state index >= 15 is 0 Å². The molecule has 0 amide bonds. The number of allylic oxidation sites excluding steroid dienone is 1. The molecule has 1 aromatic rings. The summed E-state index contributed by atoms with van der Waals surface area (Å²) >= 11 is 0. The minimum atomic E-state index is 1.08. The molecule has 0 aliphatic heterocycles. The van der Waals surface area contributed by atoms with Crippen molar-refractivity contribution < 1.29 is 4.42 Å². The molecule has 1 nitrogen and oxygen atoms in total. The maximum atomic E-state index is 5.93. The van der Waals surface area contributed by atoms with Crippen molar-refractivity contribution in [1.82, 2.24) is 0 Å². The Bertz CT molecular complexity index is 358. The molecule has 0 radical (unpaired) electrons. The molecular formula is C14H20O. The van der Waals surface area contributed by atoms with Gasteiger partial charge in [-0.3, -0.25) is 0 Å². The van der Waals surface area contributed by atoms with E-state index < -0.39 is 0 Å². The summed E-state index contributed by atoms with van der Waals surface area (Å²) in [6.07, 6.45) is 11.6. The summed E-state index contributed by atoms with van der Waals surface area (Å²) in [4.78, 5) is 0. The summed E-state index contributed by atoms with van der Waals surface area (Å²) in [5, 5.41) is 0. The van der Waals surface area contributed by atoms with E-state index in [1.165, 1.54) is 41.9 Å². The lowest BCUT2D eigenvalue weighted by Gasteiger charge is -2.01. The topological polar surface area (TPSA) is 13.1 Å². The van der Waals surface area contributed by atoms with Gasteiger partial charge in [-0.05, 0) is 25.3 Å². The molecule has 0 unspecified atom stereocenters. The van der Waals surface area contributed by atoms with Crippen LogP contribution in [0.4, 0.5) is 0 Å². The molecule has 0 atom stereocenters. The maximum absolute atomic E-state index is 5.93. The van der Waals surface area contributed by atoms with Gasteiger partial charge in [0.2, 0.25) is 0 Å². The lowest BCUT2D eigenvalue weighted by Crippen LogP contribution is -1.89. The van der Waals surface area contributed by atoms with Crippen molar-refractivity contribution in [3.63, 3.8) is 0 Å². The molecular weight excluding hydrogens is 184 g/mol. The number of hydrogen-bond acceptors (Lipinski definition) is 1. The summed E-state index contributed by atoms with van der Waals surface area (Å²) in [6.45, 7) is 4.43. The molecule has 0 spiro atoms. The Balaban J connectivity index is 2.12. The molecule has 0 bridgehead atoms. The predicted octanol–water partition coefficient (Wildman–Crippen LogP) is 4.28. The summed E-state index contributed by atoms with van der Waals surface area (Å²) in [5.41, 5.74) is 2.73. The van der Waals surface area contributed by atoms with Gasteiger partial charge in [-0.2, -0.15) is 0 Å². The van der Waals surface area contributed by atoms with Gasteiger partial charge in [-0.1, -0.05) is 31.9 Å². The first-order valence-electron chi connectivity index (χ1n) is 6.10. The summed E-state index contributed by atoms with van der Waals surface area (Å²) < 4.78 is 5.93. The minimum Gasteiger partial charge on any atom is -0.465 e. The van der Waals surface area contributed by atoms with Gasteiger partial charge in [0.05, 0.1) is 0 Å². The van der Waals surface area contributed by atoms with Crippen molar-refractivity contribution in [3.05, 3.63) is 28.7 Å². The van der Waals surface area contributed by atoms with Crippen LogP contribution in [0.1, 0.15) is 55.3 Å². The molecule has 1 aliphatic carbocycles. The van der Waals surface area contributed by atoms with E-state index in [0.717, 1.165) is 19.3 Å². The van der Waals surface area contributed by atoms with Crippen LogP contribution in [-0.4, -0.2) is 0 Å². The number of aryl methyl sites for hydroxylation is 2. The molecule has 0 saturated heterocycles. The van der Waals surface area contributed by atoms with E-state index in [-0.39, 0.29) is 0 Å². The first-order valence-corrected chi connectivity index (χ1v) is 6.10. The van der Waals surface area contributed by atoms with E-state index in [9.17, 15) is 0 Å². The fourth-order valence-corrected chi connectivity index (χ4v) is 2.23. The summed E-state index contributed by atoms with van der Waals surface area (Å²) in [7, 11) is 0. The zero-order valence-corrected chi connectivity index (χ0v) is 9.81. The average Bonchev–Trinajstić information content (AvgIpc) is 2.57. The van der Waals surface area contributed by atoms with Crippen molar-refractivity contribution >= 4 is 6.08 Å². The fourth-order valence-electron chi connectivity index (χ4n) is 2.23. The number of hydrogen-bond donors (Lipinski definition) is 0. The van der Waals surface area contributed by atoms with E-state index in [2.05, 4.69) is 26.0 Å². The highest BCUT2D eigenvalue weighted by molar-refractivity contribution is 5.58. The third-order valence-electron chi connectivity index (χ3n) is 3.20. The van der Waals surface area contributed by atoms with Crippen LogP contribution in [0.25, 0.3) is 6.08 Å². The van der Waals surface area contributed by atoms with Crippen molar-refractivity contribution in [1.29, 1.82) is 0 Å². The van der Waals surface area contributed by atoms with Gasteiger partial charge in [-0.15, -0.1) is 0 Å². The second kappa shape index (κ2) is 4.69. The Kier molecular flexibility index (Phi) is 3.30. The zero-order valence-electron chi connectivity index (χ0n) is 9.81. The van der Waals surface area contributed by atoms with Gasteiger partial charge in [0.25, 0.3) is 0 Å². The van der Waals surface area contributed by atoms with Crippen molar-refractivity contribution in [2.45, 2.75) is 52.4 Å². The largest absolute Gasteiger partial charge is 0.465 e. The quantitative estimate of drug-likeness (QED) is 0.667. The molecule has 0 aromatic carbocycles. The minimum absolute atomic E-state index is 1.08. The zero-order chi connectivity index (χ0) is 10.7. The molecule has 0 N–H and O–H groups in total. The second-order valence-electron chi connectivity index (χ2n) is 4.39. The van der Waals surface area contributed by atoms with Crippen molar-refractivity contribution in [2.75, 3.05) is 0 Å². The molecule has 0 fully saturated rings. The van der Waals surface area contributed by atoms with Gasteiger partial charge in [-0.25, -0.2) is 0 Å². The molecule has 0 saturated carbocycles. The molecule has 1 heterocycles. The number of rotatable bonds is 4. The van der Waals surface area contributed by atoms with E-state index in [0.29, 0.717) is 0 Å². The van der Waals surface area contributed by atoms with Crippen LogP contribution in [0, 0.1) is 6.92 Å². The van der Waals surface area contributed by atoms with Crippen LogP contribution in [0.2, 0.25) is 0 Å². The van der Waals surface area contributed by atoms with Crippen LogP contribution < -0.4 is 0 Å². The van der Waals surface area contributed by atoms with Crippen LogP contribution in [0.3, 0.4) is 0 Å². The molecule has 1 aliphatic rings. The van der Waals surface area contributed by atoms with Gasteiger partial charge in [0, 0.05) is 18.4 Å². The first-order chi connectivity index (χ1) is 7.33. The standard InChI is InChI=1S/C14H20O/c1-3-4-5-9-13-11(2)12-8-6-7-10-14(12)15-13/h6,8H,3-5,7,9-10H2,1-2H3. The van der Waals surface area contributed by atoms with Crippen molar-refractivity contribution in [3.8, 4) is 0 Å². The lowest BCUT2D eigenvalue weighted by molar-refractivity contribution is 0.454. The lowest BCUT2D eigenvalue weighted by atomic mass is 10.0. The Morgan fingerprint density at radius 3 is 2.93 bits per heavy atom. The molecule has 15 heavy (non-hydrogen) atoms. The number of unbranched alkanes of at least 4 members (excludes halogenated alkanes) is 2. The Morgan fingerprint density at radius 1 is 1.33 bits per heavy atom. The van der Waals surface area contributed by atoms with E-state index in [4.69, 9.17) is 4.42 Å². The smallest absolute Gasteiger partial charge is 0.111 e. The second-order valence-corrected chi connectivity index (χ2v) is 4.39. The van der Waals surface area contributed by atoms with Crippen LogP contribution in [-0.2, 0) is 12.8 Å². The molecule has 2 rings (SSSR count). The van der Waals surface area contributed by atoms with Crippen molar-refractivity contribution in [2.24, 2.45) is 0 Å². The Morgan fingerprint density at radius 2 is 2.20 bits per heavy atom. The van der Waals surface area contributed by atoms with Crippen LogP contribution in [0.5, 0.6) is 0 Å². The summed E-state index contributed by atoms with van der Waals surface area (Å²) in [6, 6.07) is 0. The molecule has 82 valence electrons. The Labute approximate surface area is 92.2 Å². The molecule has 1 aromatic heterocycles. The van der Waals surface area contributed by atoms with E-state index in [1.54, 1.807) is 0 Å². The number of fused-ring (bicyclic) bond motifs is 1. The highest BCUT2D eigenvalue weighted by Crippen LogP contribution is 2.28. The van der Waals surface area contributed by atoms with Crippen LogP contribution >= 0.6 is 0 Å². The van der Waals surface area contributed by atoms with Gasteiger partial charge < -0.3 is 4.42 Å². The third-order valence-corrected chi connectivity index (χ3v) is 3.20. The molecule has 1 heteroatoms. The average molecular weight is 204 g/mol. The van der Waals surface area contributed by atoms with Crippen LogP contribution in [0.15, 0.2) is 10.5 Å². The third kappa shape index (κ3) is 2.17. The first kappa shape index (κ1) is 10.5. The van der Waals surface area contributed by atoms with Gasteiger partial charge >= 0.3 is 0 Å². The predicted molar refractivity (Wildman–Crippen MR) is 64.0 cm³/mol.